The molecule has 6 heteroatoms. The van der Waals surface area contributed by atoms with Crippen molar-refractivity contribution in [1.82, 2.24) is 5.32 Å². The van der Waals surface area contributed by atoms with E-state index in [4.69, 9.17) is 0 Å². The molecule has 4 rings (SSSR count). The largest absolute Gasteiger partial charge is 0.344 e. The Balaban J connectivity index is 1.70. The fourth-order valence-corrected chi connectivity index (χ4v) is 5.71. The van der Waals surface area contributed by atoms with Crippen LogP contribution in [-0.4, -0.2) is 20.9 Å². The topological polar surface area (TPSA) is 66.5 Å². The van der Waals surface area contributed by atoms with E-state index >= 15 is 0 Å². The number of anilines is 1. The molecular formula is C30H30N2O3S. The smallest absolute Gasteiger partial charge is 0.264 e. The highest BCUT2D eigenvalue weighted by Crippen LogP contribution is 2.28. The van der Waals surface area contributed by atoms with Crippen LogP contribution in [0.4, 0.5) is 5.69 Å². The third kappa shape index (κ3) is 5.66. The molecule has 1 atom stereocenters. The molecule has 0 saturated heterocycles. The van der Waals surface area contributed by atoms with Gasteiger partial charge in [-0.05, 0) is 55.7 Å². The lowest BCUT2D eigenvalue weighted by Crippen LogP contribution is -2.42. The Bertz CT molecular complexity index is 1440. The standard InChI is InChI=1S/C30H30N2O3S/c1-22-14-17-26(18-15-22)30(25-10-6-4-7-11-25)31-29(33)21-32(28-19-16-23(2)20-24(28)3)36(34,35)27-12-8-5-9-13-27/h4-20,30H,21H2,1-3H3,(H,31,33)/t30-/m1/s1. The number of amides is 1. The molecule has 0 saturated carbocycles. The molecule has 4 aromatic rings. The first kappa shape index (κ1) is 25.2. The second-order valence-electron chi connectivity index (χ2n) is 8.94. The second kappa shape index (κ2) is 10.8. The lowest BCUT2D eigenvalue weighted by Gasteiger charge is -2.27. The molecule has 0 fully saturated rings. The maximum atomic E-state index is 13.7. The Morgan fingerprint density at radius 2 is 1.31 bits per heavy atom. The maximum absolute atomic E-state index is 13.7. The summed E-state index contributed by atoms with van der Waals surface area (Å²) in [6.07, 6.45) is 0. The zero-order chi connectivity index (χ0) is 25.7. The van der Waals surface area contributed by atoms with Crippen LogP contribution in [0.15, 0.2) is 108 Å². The van der Waals surface area contributed by atoms with E-state index in [9.17, 15) is 13.2 Å². The quantitative estimate of drug-likeness (QED) is 0.338. The van der Waals surface area contributed by atoms with Crippen LogP contribution in [0.25, 0.3) is 0 Å². The van der Waals surface area contributed by atoms with E-state index in [0.717, 1.165) is 27.8 Å². The average Bonchev–Trinajstić information content (AvgIpc) is 2.88. The lowest BCUT2D eigenvalue weighted by atomic mass is 9.98. The molecule has 0 unspecified atom stereocenters. The molecule has 0 aliphatic rings. The first-order chi connectivity index (χ1) is 17.3. The minimum Gasteiger partial charge on any atom is -0.344 e. The highest BCUT2D eigenvalue weighted by Gasteiger charge is 2.29. The summed E-state index contributed by atoms with van der Waals surface area (Å²) in [5.41, 5.74) is 5.22. The van der Waals surface area contributed by atoms with Crippen LogP contribution in [-0.2, 0) is 14.8 Å². The second-order valence-corrected chi connectivity index (χ2v) is 10.8. The lowest BCUT2D eigenvalue weighted by molar-refractivity contribution is -0.120. The molecule has 0 aromatic heterocycles. The van der Waals surface area contributed by atoms with Gasteiger partial charge < -0.3 is 5.32 Å². The average molecular weight is 499 g/mol. The number of hydrogen-bond donors (Lipinski definition) is 1. The van der Waals surface area contributed by atoms with E-state index < -0.39 is 22.0 Å². The van der Waals surface area contributed by atoms with E-state index in [2.05, 4.69) is 5.32 Å². The molecule has 0 aliphatic carbocycles. The van der Waals surface area contributed by atoms with Gasteiger partial charge in [-0.3, -0.25) is 9.10 Å². The van der Waals surface area contributed by atoms with Gasteiger partial charge in [-0.2, -0.15) is 0 Å². The van der Waals surface area contributed by atoms with Gasteiger partial charge in [-0.15, -0.1) is 0 Å². The molecule has 36 heavy (non-hydrogen) atoms. The minimum atomic E-state index is -3.98. The monoisotopic (exact) mass is 498 g/mol. The molecule has 1 N–H and O–H groups in total. The first-order valence-corrected chi connectivity index (χ1v) is 13.3. The third-order valence-electron chi connectivity index (χ3n) is 6.09. The summed E-state index contributed by atoms with van der Waals surface area (Å²) in [4.78, 5) is 13.6. The van der Waals surface area contributed by atoms with Crippen LogP contribution in [0.5, 0.6) is 0 Å². The van der Waals surface area contributed by atoms with Gasteiger partial charge >= 0.3 is 0 Å². The molecule has 184 valence electrons. The molecule has 0 heterocycles. The van der Waals surface area contributed by atoms with Crippen molar-refractivity contribution in [1.29, 1.82) is 0 Å². The van der Waals surface area contributed by atoms with E-state index in [1.165, 1.54) is 4.31 Å². The number of benzene rings is 4. The number of sulfonamides is 1. The van der Waals surface area contributed by atoms with Crippen molar-refractivity contribution in [2.45, 2.75) is 31.7 Å². The predicted octanol–water partition coefficient (Wildman–Crippen LogP) is 5.71. The summed E-state index contributed by atoms with van der Waals surface area (Å²) in [5, 5.41) is 3.08. The van der Waals surface area contributed by atoms with Crippen LogP contribution in [0.1, 0.15) is 33.9 Å². The summed E-state index contributed by atoms with van der Waals surface area (Å²) in [5.74, 6) is -0.399. The molecular weight excluding hydrogens is 468 g/mol. The van der Waals surface area contributed by atoms with Gasteiger partial charge in [0.2, 0.25) is 5.91 Å². The number of aryl methyl sites for hydroxylation is 3. The Labute approximate surface area is 213 Å². The number of hydrogen-bond acceptors (Lipinski definition) is 3. The molecule has 0 aliphatic heterocycles. The molecule has 0 spiro atoms. The molecule has 0 bridgehead atoms. The fraction of sp³-hybridized carbons (Fsp3) is 0.167. The number of nitrogens with zero attached hydrogens (tertiary/aromatic N) is 1. The summed E-state index contributed by atoms with van der Waals surface area (Å²) >= 11 is 0. The van der Waals surface area contributed by atoms with Gasteiger partial charge in [-0.1, -0.05) is 96.1 Å². The summed E-state index contributed by atoms with van der Waals surface area (Å²) in [7, 11) is -3.98. The van der Waals surface area contributed by atoms with Crippen LogP contribution >= 0.6 is 0 Å². The molecule has 0 radical (unpaired) electrons. The Kier molecular flexibility index (Phi) is 7.55. The fourth-order valence-electron chi connectivity index (χ4n) is 4.21. The summed E-state index contributed by atoms with van der Waals surface area (Å²) < 4.78 is 28.6. The summed E-state index contributed by atoms with van der Waals surface area (Å²) in [6, 6.07) is 30.9. The zero-order valence-corrected chi connectivity index (χ0v) is 21.5. The minimum absolute atomic E-state index is 0.135. The highest BCUT2D eigenvalue weighted by atomic mass is 32.2. The Morgan fingerprint density at radius 3 is 1.92 bits per heavy atom. The van der Waals surface area contributed by atoms with E-state index in [1.807, 2.05) is 87.5 Å². The Hall–Kier alpha value is -3.90. The van der Waals surface area contributed by atoms with E-state index in [0.29, 0.717) is 5.69 Å². The van der Waals surface area contributed by atoms with Gasteiger partial charge in [0.1, 0.15) is 6.54 Å². The molecule has 4 aromatic carbocycles. The SMILES string of the molecule is Cc1ccc([C@H](NC(=O)CN(c2ccc(C)cc2C)S(=O)(=O)c2ccccc2)c2ccccc2)cc1. The van der Waals surface area contributed by atoms with Crippen molar-refractivity contribution in [2.24, 2.45) is 0 Å². The van der Waals surface area contributed by atoms with Crippen LogP contribution in [0.3, 0.4) is 0 Å². The molecule has 1 amide bonds. The van der Waals surface area contributed by atoms with E-state index in [-0.39, 0.29) is 11.4 Å². The number of rotatable bonds is 8. The Morgan fingerprint density at radius 1 is 0.750 bits per heavy atom. The van der Waals surface area contributed by atoms with E-state index in [1.54, 1.807) is 36.4 Å². The van der Waals surface area contributed by atoms with Gasteiger partial charge in [0, 0.05) is 0 Å². The van der Waals surface area contributed by atoms with Crippen molar-refractivity contribution >= 4 is 21.6 Å². The van der Waals surface area contributed by atoms with Crippen LogP contribution in [0.2, 0.25) is 0 Å². The van der Waals surface area contributed by atoms with Crippen LogP contribution in [0, 0.1) is 20.8 Å². The van der Waals surface area contributed by atoms with Crippen molar-refractivity contribution in [2.75, 3.05) is 10.8 Å². The number of carbonyl (C=O) groups is 1. The first-order valence-electron chi connectivity index (χ1n) is 11.8. The predicted molar refractivity (Wildman–Crippen MR) is 144 cm³/mol. The van der Waals surface area contributed by atoms with Gasteiger partial charge in [-0.25, -0.2) is 8.42 Å². The van der Waals surface area contributed by atoms with Gasteiger partial charge in [0.25, 0.3) is 10.0 Å². The van der Waals surface area contributed by atoms with Gasteiger partial charge in [0.05, 0.1) is 16.6 Å². The summed E-state index contributed by atoms with van der Waals surface area (Å²) in [6.45, 7) is 5.46. The normalized spacial score (nSPS) is 12.1. The molecule has 5 nitrogen and oxygen atoms in total. The van der Waals surface area contributed by atoms with Crippen molar-refractivity contribution < 1.29 is 13.2 Å². The van der Waals surface area contributed by atoms with Crippen molar-refractivity contribution in [3.8, 4) is 0 Å². The third-order valence-corrected chi connectivity index (χ3v) is 7.86. The maximum Gasteiger partial charge on any atom is 0.264 e. The highest BCUT2D eigenvalue weighted by molar-refractivity contribution is 7.92. The van der Waals surface area contributed by atoms with Crippen molar-refractivity contribution in [3.05, 3.63) is 131 Å². The van der Waals surface area contributed by atoms with Crippen LogP contribution < -0.4 is 9.62 Å². The van der Waals surface area contributed by atoms with Crippen molar-refractivity contribution in [3.63, 3.8) is 0 Å². The number of carbonyl (C=O) groups excluding carboxylic acids is 1. The zero-order valence-electron chi connectivity index (χ0n) is 20.7. The number of nitrogens with one attached hydrogen (secondary N) is 1. The van der Waals surface area contributed by atoms with Gasteiger partial charge in [0.15, 0.2) is 0 Å².